The summed E-state index contributed by atoms with van der Waals surface area (Å²) in [7, 11) is -2.33. The number of carbonyl (C=O) groups is 1. The molecule has 0 radical (unpaired) electrons. The molecule has 0 saturated carbocycles. The Bertz CT molecular complexity index is 1140. The van der Waals surface area contributed by atoms with Crippen LogP contribution in [0, 0.1) is 5.82 Å². The molecule has 1 heterocycles. The number of halogens is 1. The second-order valence-corrected chi connectivity index (χ2v) is 10.1. The lowest BCUT2D eigenvalue weighted by molar-refractivity contribution is -0.131. The van der Waals surface area contributed by atoms with Crippen molar-refractivity contribution in [2.24, 2.45) is 0 Å². The highest BCUT2D eigenvalue weighted by atomic mass is 32.2. The Balaban J connectivity index is 2.57. The predicted octanol–water partition coefficient (Wildman–Crippen LogP) is 1.82. The fraction of sp³-hybridized carbons (Fsp3) is 0.409. The van der Waals surface area contributed by atoms with Crippen molar-refractivity contribution in [3.05, 3.63) is 47.4 Å². The molecule has 0 aliphatic rings. The normalized spacial score (nSPS) is 13.8. The number of hydroxylamine groups is 1. The number of rotatable bonds is 10. The van der Waals surface area contributed by atoms with Crippen molar-refractivity contribution in [3.8, 4) is 11.3 Å². The van der Waals surface area contributed by atoms with Crippen LogP contribution in [0.5, 0.6) is 0 Å². The number of hydrogen-bond acceptors (Lipinski definition) is 8. The zero-order valence-electron chi connectivity index (χ0n) is 19.3. The number of nitrogens with one attached hydrogen (secondary N) is 1. The Morgan fingerprint density at radius 2 is 1.82 bits per heavy atom. The van der Waals surface area contributed by atoms with Crippen LogP contribution < -0.4 is 9.79 Å². The van der Waals surface area contributed by atoms with Crippen LogP contribution in [0.25, 0.3) is 17.3 Å². The van der Waals surface area contributed by atoms with Gasteiger partial charge in [-0.1, -0.05) is 26.0 Å². The minimum Gasteiger partial charge on any atom is -0.392 e. The van der Waals surface area contributed by atoms with Gasteiger partial charge in [-0.15, -0.1) is 0 Å². The number of nitrogens with zero attached hydrogens (tertiary/aromatic N) is 3. The Morgan fingerprint density at radius 1 is 1.21 bits per heavy atom. The molecule has 34 heavy (non-hydrogen) atoms. The van der Waals surface area contributed by atoms with Gasteiger partial charge >= 0.3 is 0 Å². The van der Waals surface area contributed by atoms with Gasteiger partial charge in [-0.25, -0.2) is 32.6 Å². The average molecular weight is 497 g/mol. The van der Waals surface area contributed by atoms with Crippen molar-refractivity contribution in [2.75, 3.05) is 17.6 Å². The molecule has 0 saturated heterocycles. The standard InChI is InChI=1S/C22H29FN4O6S/c1-13(2)20-18(10-9-16(28)11-17(29)12-19(30)26-31)21(14-5-7-15(23)8-6-14)25-22(24-20)27(3)34(4,32)33/h5-10,13,16-17,28-29,31H,11-12H2,1-4H3,(H,26,30). The van der Waals surface area contributed by atoms with Gasteiger partial charge in [0.25, 0.3) is 0 Å². The van der Waals surface area contributed by atoms with Crippen molar-refractivity contribution in [1.29, 1.82) is 0 Å². The molecule has 0 aliphatic carbocycles. The zero-order valence-corrected chi connectivity index (χ0v) is 20.1. The van der Waals surface area contributed by atoms with Crippen molar-refractivity contribution in [1.82, 2.24) is 15.4 Å². The number of carbonyl (C=O) groups excluding carboxylic acids is 1. The molecule has 186 valence electrons. The van der Waals surface area contributed by atoms with Crippen LogP contribution in [0.15, 0.2) is 30.3 Å². The van der Waals surface area contributed by atoms with Crippen molar-refractivity contribution < 1.29 is 33.0 Å². The van der Waals surface area contributed by atoms with E-state index in [1.807, 2.05) is 13.8 Å². The van der Waals surface area contributed by atoms with Gasteiger partial charge in [0, 0.05) is 24.6 Å². The number of aromatic nitrogens is 2. The van der Waals surface area contributed by atoms with E-state index in [0.717, 1.165) is 10.6 Å². The number of amides is 1. The van der Waals surface area contributed by atoms with E-state index in [0.29, 0.717) is 22.5 Å². The molecule has 4 N–H and O–H groups in total. The van der Waals surface area contributed by atoms with Gasteiger partial charge in [-0.2, -0.15) is 0 Å². The van der Waals surface area contributed by atoms with E-state index in [9.17, 15) is 27.8 Å². The fourth-order valence-corrected chi connectivity index (χ4v) is 3.48. The minimum atomic E-state index is -3.66. The average Bonchev–Trinajstić information content (AvgIpc) is 2.76. The molecule has 0 aliphatic heterocycles. The molecule has 12 heteroatoms. The summed E-state index contributed by atoms with van der Waals surface area (Å²) >= 11 is 0. The summed E-state index contributed by atoms with van der Waals surface area (Å²) in [6, 6.07) is 5.49. The minimum absolute atomic E-state index is 0.0614. The number of aliphatic hydroxyl groups is 2. The molecule has 2 aromatic rings. The van der Waals surface area contributed by atoms with Gasteiger partial charge in [0.2, 0.25) is 21.9 Å². The highest BCUT2D eigenvalue weighted by Gasteiger charge is 2.22. The topological polar surface area (TPSA) is 153 Å². The Labute approximate surface area is 197 Å². The van der Waals surface area contributed by atoms with Gasteiger partial charge in [0.05, 0.1) is 36.3 Å². The van der Waals surface area contributed by atoms with Gasteiger partial charge in [-0.05, 0) is 30.2 Å². The highest BCUT2D eigenvalue weighted by Crippen LogP contribution is 2.31. The van der Waals surface area contributed by atoms with Crippen LogP contribution in [-0.4, -0.2) is 65.2 Å². The van der Waals surface area contributed by atoms with Crippen LogP contribution in [0.1, 0.15) is 43.9 Å². The van der Waals surface area contributed by atoms with Crippen LogP contribution in [0.4, 0.5) is 10.3 Å². The second kappa shape index (κ2) is 11.5. The van der Waals surface area contributed by atoms with Crippen molar-refractivity contribution >= 4 is 28.0 Å². The molecule has 1 aromatic carbocycles. The largest absolute Gasteiger partial charge is 0.392 e. The van der Waals surface area contributed by atoms with E-state index in [2.05, 4.69) is 9.97 Å². The van der Waals surface area contributed by atoms with Crippen LogP contribution in [-0.2, 0) is 14.8 Å². The first-order valence-electron chi connectivity index (χ1n) is 10.4. The SMILES string of the molecule is CC(C)c1nc(N(C)S(C)(=O)=O)nc(-c2ccc(F)cc2)c1C=CC(O)CC(O)CC(=O)NO. The lowest BCUT2D eigenvalue weighted by Crippen LogP contribution is -2.27. The first kappa shape index (κ1) is 27.3. The first-order chi connectivity index (χ1) is 15.8. The molecule has 1 aromatic heterocycles. The molecular weight excluding hydrogens is 467 g/mol. The maximum absolute atomic E-state index is 13.5. The van der Waals surface area contributed by atoms with E-state index < -0.39 is 40.4 Å². The summed E-state index contributed by atoms with van der Waals surface area (Å²) in [6.07, 6.45) is 1.03. The molecule has 0 spiro atoms. The lowest BCUT2D eigenvalue weighted by Gasteiger charge is -2.20. The molecule has 0 fully saturated rings. The third-order valence-electron chi connectivity index (χ3n) is 4.95. The summed E-state index contributed by atoms with van der Waals surface area (Å²) in [6.45, 7) is 3.71. The number of benzene rings is 1. The van der Waals surface area contributed by atoms with E-state index in [4.69, 9.17) is 5.21 Å². The Kier molecular flexibility index (Phi) is 9.21. The molecule has 2 atom stereocenters. The summed E-state index contributed by atoms with van der Waals surface area (Å²) in [4.78, 5) is 20.0. The monoisotopic (exact) mass is 496 g/mol. The van der Waals surface area contributed by atoms with E-state index in [1.165, 1.54) is 42.9 Å². The van der Waals surface area contributed by atoms with E-state index >= 15 is 0 Å². The summed E-state index contributed by atoms with van der Waals surface area (Å²) in [5.74, 6) is -1.48. The van der Waals surface area contributed by atoms with Gasteiger partial charge in [0.15, 0.2) is 0 Å². The number of anilines is 1. The molecular formula is C22H29FN4O6S. The fourth-order valence-electron chi connectivity index (χ4n) is 3.10. The quantitative estimate of drug-likeness (QED) is 0.287. The molecule has 2 unspecified atom stereocenters. The second-order valence-electron chi connectivity index (χ2n) is 8.12. The Hall–Kier alpha value is -2.93. The third kappa shape index (κ3) is 7.29. The van der Waals surface area contributed by atoms with Crippen molar-refractivity contribution in [2.45, 2.75) is 44.8 Å². The zero-order chi connectivity index (χ0) is 25.6. The maximum Gasteiger partial charge on any atom is 0.245 e. The van der Waals surface area contributed by atoms with E-state index in [-0.39, 0.29) is 18.3 Å². The van der Waals surface area contributed by atoms with Gasteiger partial charge in [0.1, 0.15) is 5.82 Å². The van der Waals surface area contributed by atoms with Crippen LogP contribution in [0.2, 0.25) is 0 Å². The Morgan fingerprint density at radius 3 is 2.35 bits per heavy atom. The predicted molar refractivity (Wildman–Crippen MR) is 125 cm³/mol. The molecule has 1 amide bonds. The molecule has 2 rings (SSSR count). The smallest absolute Gasteiger partial charge is 0.245 e. The number of aliphatic hydroxyl groups excluding tert-OH is 2. The lowest BCUT2D eigenvalue weighted by atomic mass is 9.97. The molecule has 0 bridgehead atoms. The summed E-state index contributed by atoms with van der Waals surface area (Å²) < 4.78 is 38.6. The number of hydrogen-bond donors (Lipinski definition) is 4. The summed E-state index contributed by atoms with van der Waals surface area (Å²) in [5, 5.41) is 28.8. The maximum atomic E-state index is 13.5. The summed E-state index contributed by atoms with van der Waals surface area (Å²) in [5.41, 5.74) is 3.21. The van der Waals surface area contributed by atoms with Crippen LogP contribution in [0.3, 0.4) is 0 Å². The van der Waals surface area contributed by atoms with Crippen LogP contribution >= 0.6 is 0 Å². The van der Waals surface area contributed by atoms with Crippen molar-refractivity contribution in [3.63, 3.8) is 0 Å². The van der Waals surface area contributed by atoms with Gasteiger partial charge in [-0.3, -0.25) is 10.0 Å². The van der Waals surface area contributed by atoms with E-state index in [1.54, 1.807) is 6.08 Å². The van der Waals surface area contributed by atoms with Gasteiger partial charge < -0.3 is 10.2 Å². The third-order valence-corrected chi connectivity index (χ3v) is 6.11. The first-order valence-corrected chi connectivity index (χ1v) is 12.3. The number of sulfonamides is 1. The highest BCUT2D eigenvalue weighted by molar-refractivity contribution is 7.92. The molecule has 10 nitrogen and oxygen atoms in total.